The second-order valence-corrected chi connectivity index (χ2v) is 6.81. The van der Waals surface area contributed by atoms with E-state index >= 15 is 0 Å². The van der Waals surface area contributed by atoms with E-state index < -0.39 is 0 Å². The lowest BCUT2D eigenvalue weighted by Gasteiger charge is -2.07. The molecule has 0 spiro atoms. The molecule has 3 heteroatoms. The Bertz CT molecular complexity index is 732. The van der Waals surface area contributed by atoms with Crippen LogP contribution in [0, 0.1) is 5.92 Å². The number of benzene rings is 2. The number of carbonyl (C=O) groups excluding carboxylic acids is 1. The maximum Gasteiger partial charge on any atom is 0.243 e. The molecule has 0 aliphatic heterocycles. The maximum absolute atomic E-state index is 12.3. The van der Waals surface area contributed by atoms with Gasteiger partial charge in [0.1, 0.15) is 0 Å². The second kappa shape index (κ2) is 7.00. The third-order valence-electron chi connectivity index (χ3n) is 4.68. The van der Waals surface area contributed by atoms with E-state index in [4.69, 9.17) is 0 Å². The van der Waals surface area contributed by atoms with Crippen LogP contribution in [-0.4, -0.2) is 11.6 Å². The molecule has 0 heterocycles. The molecule has 3 rings (SSSR count). The Morgan fingerprint density at radius 1 is 1.08 bits per heavy atom. The van der Waals surface area contributed by atoms with Gasteiger partial charge in [-0.1, -0.05) is 68.4 Å². The Labute approximate surface area is 143 Å². The Hall–Kier alpha value is -2.42. The lowest BCUT2D eigenvalue weighted by Crippen LogP contribution is -2.21. The zero-order chi connectivity index (χ0) is 17.1. The van der Waals surface area contributed by atoms with Gasteiger partial charge < -0.3 is 0 Å². The SMILES string of the molecule is C/C(=N/NC(=O)[C@H]1C[C@@H]1c1ccccc1)c1ccc(C(C)C)cc1. The maximum atomic E-state index is 12.3. The van der Waals surface area contributed by atoms with Crippen LogP contribution in [0.1, 0.15) is 55.7 Å². The van der Waals surface area contributed by atoms with Gasteiger partial charge in [0.15, 0.2) is 0 Å². The quantitative estimate of drug-likeness (QED) is 0.641. The number of hydrazone groups is 1. The number of hydrogen-bond acceptors (Lipinski definition) is 2. The fourth-order valence-electron chi connectivity index (χ4n) is 2.95. The molecule has 124 valence electrons. The number of nitrogens with zero attached hydrogens (tertiary/aromatic N) is 1. The summed E-state index contributed by atoms with van der Waals surface area (Å²) in [5.74, 6) is 0.919. The van der Waals surface area contributed by atoms with Crippen LogP contribution in [0.25, 0.3) is 0 Å². The highest BCUT2D eigenvalue weighted by molar-refractivity contribution is 5.99. The summed E-state index contributed by atoms with van der Waals surface area (Å²) < 4.78 is 0. The van der Waals surface area contributed by atoms with Gasteiger partial charge in [0.25, 0.3) is 0 Å². The van der Waals surface area contributed by atoms with E-state index in [-0.39, 0.29) is 11.8 Å². The number of amides is 1. The topological polar surface area (TPSA) is 41.5 Å². The normalized spacial score (nSPS) is 20.1. The molecule has 0 aromatic heterocycles. The summed E-state index contributed by atoms with van der Waals surface area (Å²) in [6.45, 7) is 6.27. The Morgan fingerprint density at radius 2 is 1.75 bits per heavy atom. The molecule has 1 N–H and O–H groups in total. The van der Waals surface area contributed by atoms with E-state index in [1.54, 1.807) is 0 Å². The molecule has 1 fully saturated rings. The molecule has 0 radical (unpaired) electrons. The van der Waals surface area contributed by atoms with Crippen molar-refractivity contribution in [1.82, 2.24) is 5.43 Å². The summed E-state index contributed by atoms with van der Waals surface area (Å²) in [5, 5.41) is 4.28. The highest BCUT2D eigenvalue weighted by Gasteiger charge is 2.43. The van der Waals surface area contributed by atoms with Crippen LogP contribution < -0.4 is 5.43 Å². The summed E-state index contributed by atoms with van der Waals surface area (Å²) in [5.41, 5.74) is 7.14. The van der Waals surface area contributed by atoms with Gasteiger partial charge in [-0.2, -0.15) is 5.10 Å². The molecule has 2 aromatic rings. The van der Waals surface area contributed by atoms with Gasteiger partial charge in [0, 0.05) is 5.92 Å². The fourth-order valence-corrected chi connectivity index (χ4v) is 2.95. The third-order valence-corrected chi connectivity index (χ3v) is 4.68. The molecule has 24 heavy (non-hydrogen) atoms. The largest absolute Gasteiger partial charge is 0.273 e. The predicted octanol–water partition coefficient (Wildman–Crippen LogP) is 4.45. The molecule has 1 aliphatic rings. The van der Waals surface area contributed by atoms with E-state index in [2.05, 4.69) is 60.8 Å². The van der Waals surface area contributed by atoms with Gasteiger partial charge in [0.05, 0.1) is 5.71 Å². The second-order valence-electron chi connectivity index (χ2n) is 6.81. The van der Waals surface area contributed by atoms with Crippen molar-refractivity contribution in [2.75, 3.05) is 0 Å². The van der Waals surface area contributed by atoms with Gasteiger partial charge in [0.2, 0.25) is 5.91 Å². The average molecular weight is 320 g/mol. The van der Waals surface area contributed by atoms with E-state index in [0.717, 1.165) is 17.7 Å². The molecule has 3 nitrogen and oxygen atoms in total. The smallest absolute Gasteiger partial charge is 0.243 e. The van der Waals surface area contributed by atoms with Gasteiger partial charge in [-0.05, 0) is 41.9 Å². The Balaban J connectivity index is 1.58. The molecule has 0 unspecified atom stereocenters. The lowest BCUT2D eigenvalue weighted by molar-refractivity contribution is -0.122. The summed E-state index contributed by atoms with van der Waals surface area (Å²) in [7, 11) is 0. The van der Waals surface area contributed by atoms with Crippen LogP contribution in [0.2, 0.25) is 0 Å². The van der Waals surface area contributed by atoms with Crippen molar-refractivity contribution in [2.45, 2.75) is 39.0 Å². The zero-order valence-corrected chi connectivity index (χ0v) is 14.5. The number of carbonyl (C=O) groups is 1. The molecule has 1 saturated carbocycles. The molecule has 0 bridgehead atoms. The first-order valence-electron chi connectivity index (χ1n) is 8.55. The highest BCUT2D eigenvalue weighted by Crippen LogP contribution is 2.47. The van der Waals surface area contributed by atoms with Crippen LogP contribution in [0.4, 0.5) is 0 Å². The first-order chi connectivity index (χ1) is 11.6. The monoisotopic (exact) mass is 320 g/mol. The van der Waals surface area contributed by atoms with Crippen molar-refractivity contribution >= 4 is 11.6 Å². The van der Waals surface area contributed by atoms with E-state index in [0.29, 0.717) is 11.8 Å². The summed E-state index contributed by atoms with van der Waals surface area (Å²) >= 11 is 0. The van der Waals surface area contributed by atoms with Crippen molar-refractivity contribution < 1.29 is 4.79 Å². The molecule has 2 atom stereocenters. The summed E-state index contributed by atoms with van der Waals surface area (Å²) in [6.07, 6.45) is 0.910. The predicted molar refractivity (Wildman–Crippen MR) is 98.2 cm³/mol. The van der Waals surface area contributed by atoms with Crippen molar-refractivity contribution in [1.29, 1.82) is 0 Å². The van der Waals surface area contributed by atoms with Crippen LogP contribution in [0.3, 0.4) is 0 Å². The standard InChI is InChI=1S/C21H24N2O/c1-14(2)16-9-11-17(12-10-16)15(3)22-23-21(24)20-13-19(20)18-7-5-4-6-8-18/h4-12,14,19-20H,13H2,1-3H3,(H,23,24)/b22-15-/t19-,20+/m1/s1. The van der Waals surface area contributed by atoms with Crippen molar-refractivity contribution in [3.8, 4) is 0 Å². The Morgan fingerprint density at radius 3 is 2.38 bits per heavy atom. The summed E-state index contributed by atoms with van der Waals surface area (Å²) in [4.78, 5) is 12.3. The van der Waals surface area contributed by atoms with Crippen LogP contribution in [-0.2, 0) is 4.79 Å². The first kappa shape index (κ1) is 16.4. The number of nitrogens with one attached hydrogen (secondary N) is 1. The first-order valence-corrected chi connectivity index (χ1v) is 8.55. The minimum atomic E-state index is 0.0157. The van der Waals surface area contributed by atoms with Crippen molar-refractivity contribution in [3.63, 3.8) is 0 Å². The molecular formula is C21H24N2O. The lowest BCUT2D eigenvalue weighted by atomic mass is 10.0. The minimum absolute atomic E-state index is 0.0157. The molecule has 2 aromatic carbocycles. The average Bonchev–Trinajstić information content (AvgIpc) is 3.41. The molecule has 1 aliphatic carbocycles. The van der Waals surface area contributed by atoms with Gasteiger partial charge in [-0.25, -0.2) is 5.43 Å². The molecule has 0 saturated heterocycles. The van der Waals surface area contributed by atoms with E-state index in [1.165, 1.54) is 11.1 Å². The summed E-state index contributed by atoms with van der Waals surface area (Å²) in [6, 6.07) is 18.6. The van der Waals surface area contributed by atoms with Crippen LogP contribution in [0.15, 0.2) is 59.7 Å². The van der Waals surface area contributed by atoms with Crippen LogP contribution in [0.5, 0.6) is 0 Å². The van der Waals surface area contributed by atoms with E-state index in [9.17, 15) is 4.79 Å². The van der Waals surface area contributed by atoms with Crippen molar-refractivity contribution in [3.05, 3.63) is 71.3 Å². The van der Waals surface area contributed by atoms with Crippen molar-refractivity contribution in [2.24, 2.45) is 11.0 Å². The zero-order valence-electron chi connectivity index (χ0n) is 14.5. The highest BCUT2D eigenvalue weighted by atomic mass is 16.2. The third kappa shape index (κ3) is 3.73. The van der Waals surface area contributed by atoms with Crippen LogP contribution >= 0.6 is 0 Å². The number of rotatable bonds is 5. The van der Waals surface area contributed by atoms with Gasteiger partial charge >= 0.3 is 0 Å². The molecular weight excluding hydrogens is 296 g/mol. The molecule has 1 amide bonds. The van der Waals surface area contributed by atoms with E-state index in [1.807, 2.05) is 25.1 Å². The number of hydrogen-bond donors (Lipinski definition) is 1. The fraction of sp³-hybridized carbons (Fsp3) is 0.333. The van der Waals surface area contributed by atoms with Gasteiger partial charge in [-0.3, -0.25) is 4.79 Å². The Kier molecular flexibility index (Phi) is 4.79. The van der Waals surface area contributed by atoms with Gasteiger partial charge in [-0.15, -0.1) is 0 Å². The minimum Gasteiger partial charge on any atom is -0.273 e.